The Bertz CT molecular complexity index is 254. The second kappa shape index (κ2) is 7.44. The molecule has 0 radical (unpaired) electrons. The number of ether oxygens (including phenoxy) is 1. The van der Waals surface area contributed by atoms with Crippen molar-refractivity contribution in [2.45, 2.75) is 89.8 Å². The van der Waals surface area contributed by atoms with E-state index < -0.39 is 0 Å². The van der Waals surface area contributed by atoms with Gasteiger partial charge in [0, 0.05) is 17.7 Å². The molecule has 2 nitrogen and oxygen atoms in total. The number of piperidine rings is 1. The van der Waals surface area contributed by atoms with Crippen molar-refractivity contribution in [3.63, 3.8) is 0 Å². The van der Waals surface area contributed by atoms with Crippen LogP contribution in [0.1, 0.15) is 72.6 Å². The molecule has 1 aliphatic rings. The summed E-state index contributed by atoms with van der Waals surface area (Å²) >= 11 is 0. The Hall–Kier alpha value is -0.340. The Kier molecular flexibility index (Phi) is 6.55. The molecule has 0 spiro atoms. The number of unbranched alkanes of at least 4 members (excludes halogenated alkanes) is 4. The van der Waals surface area contributed by atoms with Gasteiger partial charge >= 0.3 is 0 Å². The van der Waals surface area contributed by atoms with Crippen molar-refractivity contribution >= 4 is 0 Å². The first-order valence-corrected chi connectivity index (χ1v) is 7.86. The van der Waals surface area contributed by atoms with Crippen LogP contribution in [0.25, 0.3) is 0 Å². The summed E-state index contributed by atoms with van der Waals surface area (Å²) in [6, 6.07) is 0. The number of rotatable bonds is 8. The van der Waals surface area contributed by atoms with E-state index in [-0.39, 0.29) is 11.1 Å². The summed E-state index contributed by atoms with van der Waals surface area (Å²) in [6.45, 7) is 13.8. The van der Waals surface area contributed by atoms with Crippen LogP contribution in [0.2, 0.25) is 0 Å². The van der Waals surface area contributed by atoms with E-state index >= 15 is 0 Å². The van der Waals surface area contributed by atoms with E-state index in [1.165, 1.54) is 25.7 Å². The molecule has 0 aromatic carbocycles. The van der Waals surface area contributed by atoms with Crippen molar-refractivity contribution < 1.29 is 4.74 Å². The molecule has 1 N–H and O–H groups in total. The van der Waals surface area contributed by atoms with Crippen molar-refractivity contribution in [2.24, 2.45) is 0 Å². The van der Waals surface area contributed by atoms with E-state index in [1.54, 1.807) is 0 Å². The second-order valence-electron chi connectivity index (χ2n) is 7.29. The fraction of sp³-hybridized carbons (Fsp3) is 0.882. The summed E-state index contributed by atoms with van der Waals surface area (Å²) in [6.07, 6.45) is 10.9. The molecular formula is C17H33NO. The summed E-state index contributed by atoms with van der Waals surface area (Å²) in [5.74, 6) is 0. The van der Waals surface area contributed by atoms with E-state index in [1.807, 2.05) is 6.08 Å². The van der Waals surface area contributed by atoms with Crippen molar-refractivity contribution in [3.05, 3.63) is 12.7 Å². The second-order valence-corrected chi connectivity index (χ2v) is 7.29. The van der Waals surface area contributed by atoms with Crippen molar-refractivity contribution in [2.75, 3.05) is 6.61 Å². The minimum absolute atomic E-state index is 0.191. The SMILES string of the molecule is C=CCCCCCCOC1CC(C)(C)NC(C)(C)C1. The van der Waals surface area contributed by atoms with Gasteiger partial charge in [0.2, 0.25) is 0 Å². The first kappa shape index (κ1) is 16.7. The molecule has 112 valence electrons. The first-order valence-electron chi connectivity index (χ1n) is 7.86. The van der Waals surface area contributed by atoms with Gasteiger partial charge in [0.25, 0.3) is 0 Å². The Morgan fingerprint density at radius 1 is 1.05 bits per heavy atom. The summed E-state index contributed by atoms with van der Waals surface area (Å²) in [5, 5.41) is 3.70. The topological polar surface area (TPSA) is 21.3 Å². The molecule has 0 atom stereocenters. The molecule has 1 fully saturated rings. The molecule has 0 bridgehead atoms. The van der Waals surface area contributed by atoms with Crippen molar-refractivity contribution in [3.8, 4) is 0 Å². The number of nitrogens with one attached hydrogen (secondary N) is 1. The largest absolute Gasteiger partial charge is 0.378 e. The monoisotopic (exact) mass is 267 g/mol. The summed E-state index contributed by atoms with van der Waals surface area (Å²) in [4.78, 5) is 0. The smallest absolute Gasteiger partial charge is 0.0609 e. The summed E-state index contributed by atoms with van der Waals surface area (Å²) in [5.41, 5.74) is 0.382. The molecule has 0 aliphatic carbocycles. The quantitative estimate of drug-likeness (QED) is 0.518. The lowest BCUT2D eigenvalue weighted by Crippen LogP contribution is -2.59. The van der Waals surface area contributed by atoms with E-state index in [4.69, 9.17) is 4.74 Å². The van der Waals surface area contributed by atoms with Gasteiger partial charge in [-0.3, -0.25) is 0 Å². The molecular weight excluding hydrogens is 234 g/mol. The van der Waals surface area contributed by atoms with Crippen LogP contribution in [-0.4, -0.2) is 23.8 Å². The summed E-state index contributed by atoms with van der Waals surface area (Å²) < 4.78 is 6.10. The Labute approximate surface area is 120 Å². The molecule has 0 aromatic heterocycles. The van der Waals surface area contributed by atoms with Gasteiger partial charge in [-0.05, 0) is 59.8 Å². The zero-order valence-electron chi connectivity index (χ0n) is 13.4. The third kappa shape index (κ3) is 7.12. The van der Waals surface area contributed by atoms with Gasteiger partial charge in [0.15, 0.2) is 0 Å². The number of allylic oxidation sites excluding steroid dienone is 1. The average Bonchev–Trinajstić information content (AvgIpc) is 2.23. The van der Waals surface area contributed by atoms with Gasteiger partial charge in [-0.15, -0.1) is 6.58 Å². The molecule has 1 rings (SSSR count). The van der Waals surface area contributed by atoms with Gasteiger partial charge in [0.1, 0.15) is 0 Å². The Morgan fingerprint density at radius 2 is 1.63 bits per heavy atom. The van der Waals surface area contributed by atoms with Crippen molar-refractivity contribution in [1.82, 2.24) is 5.32 Å². The van der Waals surface area contributed by atoms with E-state index in [0.717, 1.165) is 25.9 Å². The molecule has 1 heterocycles. The normalized spacial score (nSPS) is 22.3. The fourth-order valence-electron chi connectivity index (χ4n) is 3.34. The van der Waals surface area contributed by atoms with Crippen LogP contribution in [0, 0.1) is 0 Å². The lowest BCUT2D eigenvalue weighted by molar-refractivity contribution is -0.0228. The van der Waals surface area contributed by atoms with Gasteiger partial charge in [-0.2, -0.15) is 0 Å². The van der Waals surface area contributed by atoms with Gasteiger partial charge < -0.3 is 10.1 Å². The lowest BCUT2D eigenvalue weighted by Gasteiger charge is -2.46. The number of hydrogen-bond donors (Lipinski definition) is 1. The Morgan fingerprint density at radius 3 is 2.21 bits per heavy atom. The molecule has 0 saturated carbocycles. The Balaban J connectivity index is 2.16. The number of hydrogen-bond acceptors (Lipinski definition) is 2. The molecule has 0 unspecified atom stereocenters. The molecule has 0 amide bonds. The molecule has 2 heteroatoms. The third-order valence-electron chi connectivity index (χ3n) is 3.81. The fourth-order valence-corrected chi connectivity index (χ4v) is 3.34. The van der Waals surface area contributed by atoms with E-state index in [0.29, 0.717) is 6.10 Å². The standard InChI is InChI=1S/C17H33NO/c1-6-7-8-9-10-11-12-19-15-13-16(2,3)18-17(4,5)14-15/h6,15,18H,1,7-14H2,2-5H3. The van der Waals surface area contributed by atoms with E-state index in [9.17, 15) is 0 Å². The zero-order chi connectivity index (χ0) is 14.4. The molecule has 1 saturated heterocycles. The predicted octanol–water partition coefficient (Wildman–Crippen LogP) is 4.45. The van der Waals surface area contributed by atoms with Crippen LogP contribution in [-0.2, 0) is 4.74 Å². The third-order valence-corrected chi connectivity index (χ3v) is 3.81. The lowest BCUT2D eigenvalue weighted by atomic mass is 9.81. The van der Waals surface area contributed by atoms with Crippen LogP contribution in [0.4, 0.5) is 0 Å². The van der Waals surface area contributed by atoms with Gasteiger partial charge in [0.05, 0.1) is 6.10 Å². The predicted molar refractivity (Wildman–Crippen MR) is 83.5 cm³/mol. The maximum Gasteiger partial charge on any atom is 0.0609 e. The highest BCUT2D eigenvalue weighted by Gasteiger charge is 2.37. The molecule has 1 aliphatic heterocycles. The van der Waals surface area contributed by atoms with Crippen LogP contribution < -0.4 is 5.32 Å². The molecule has 19 heavy (non-hydrogen) atoms. The highest BCUT2D eigenvalue weighted by molar-refractivity contribution is 4.97. The minimum Gasteiger partial charge on any atom is -0.378 e. The van der Waals surface area contributed by atoms with Crippen LogP contribution in [0.5, 0.6) is 0 Å². The average molecular weight is 267 g/mol. The molecule has 0 aromatic rings. The maximum atomic E-state index is 6.10. The van der Waals surface area contributed by atoms with Crippen LogP contribution in [0.3, 0.4) is 0 Å². The summed E-state index contributed by atoms with van der Waals surface area (Å²) in [7, 11) is 0. The van der Waals surface area contributed by atoms with Crippen LogP contribution in [0.15, 0.2) is 12.7 Å². The van der Waals surface area contributed by atoms with Crippen LogP contribution >= 0.6 is 0 Å². The highest BCUT2D eigenvalue weighted by Crippen LogP contribution is 2.30. The van der Waals surface area contributed by atoms with Crippen molar-refractivity contribution in [1.29, 1.82) is 0 Å². The van der Waals surface area contributed by atoms with Gasteiger partial charge in [-0.1, -0.05) is 18.9 Å². The van der Waals surface area contributed by atoms with E-state index in [2.05, 4.69) is 39.6 Å². The highest BCUT2D eigenvalue weighted by atomic mass is 16.5. The zero-order valence-corrected chi connectivity index (χ0v) is 13.4. The van der Waals surface area contributed by atoms with Gasteiger partial charge in [-0.25, -0.2) is 0 Å². The minimum atomic E-state index is 0.191. The first-order chi connectivity index (χ1) is 8.85. The maximum absolute atomic E-state index is 6.10.